The topological polar surface area (TPSA) is 72.1 Å². The molecule has 1 aliphatic rings. The lowest BCUT2D eigenvalue weighted by atomic mass is 10.1. The van der Waals surface area contributed by atoms with E-state index in [-0.39, 0.29) is 11.8 Å². The molecule has 1 fully saturated rings. The minimum Gasteiger partial charge on any atom is -0.339 e. The second-order valence-corrected chi connectivity index (χ2v) is 6.45. The van der Waals surface area contributed by atoms with Gasteiger partial charge in [-0.3, -0.25) is 9.78 Å². The van der Waals surface area contributed by atoms with Crippen LogP contribution < -0.4 is 4.90 Å². The number of aryl methyl sites for hydroxylation is 2. The van der Waals surface area contributed by atoms with Gasteiger partial charge in [-0.2, -0.15) is 4.98 Å². The van der Waals surface area contributed by atoms with Gasteiger partial charge in [-0.25, -0.2) is 0 Å². The first-order chi connectivity index (χ1) is 12.1. The summed E-state index contributed by atoms with van der Waals surface area (Å²) >= 11 is 0. The molecule has 0 radical (unpaired) electrons. The zero-order valence-electron chi connectivity index (χ0n) is 14.1. The third-order valence-electron chi connectivity index (χ3n) is 4.35. The minimum absolute atomic E-state index is 0.0797. The van der Waals surface area contributed by atoms with E-state index in [9.17, 15) is 4.79 Å². The molecule has 0 N–H and O–H groups in total. The highest BCUT2D eigenvalue weighted by Gasteiger charge is 2.35. The third-order valence-corrected chi connectivity index (χ3v) is 4.35. The minimum atomic E-state index is -0.0914. The molecule has 3 heterocycles. The van der Waals surface area contributed by atoms with Crippen LogP contribution in [0.1, 0.15) is 29.4 Å². The van der Waals surface area contributed by atoms with E-state index >= 15 is 0 Å². The molecule has 25 heavy (non-hydrogen) atoms. The van der Waals surface area contributed by atoms with Crippen LogP contribution >= 0.6 is 0 Å². The van der Waals surface area contributed by atoms with Gasteiger partial charge in [0.1, 0.15) is 0 Å². The lowest BCUT2D eigenvalue weighted by molar-refractivity contribution is -0.117. The van der Waals surface area contributed by atoms with Gasteiger partial charge < -0.3 is 9.42 Å². The first-order valence-corrected chi connectivity index (χ1v) is 8.23. The molecular weight excluding hydrogens is 316 g/mol. The molecule has 1 unspecified atom stereocenters. The maximum absolute atomic E-state index is 12.5. The van der Waals surface area contributed by atoms with Gasteiger partial charge in [0.15, 0.2) is 0 Å². The van der Waals surface area contributed by atoms with Crippen molar-refractivity contribution < 1.29 is 9.32 Å². The lowest BCUT2D eigenvalue weighted by Gasteiger charge is -2.17. The standard InChI is InChI=1S/C19H18N4O2/c1-12-6-13(2)8-16(7-12)23-11-15(9-17(23)24)19-21-18(22-25-19)14-4-3-5-20-10-14/h3-8,10,15H,9,11H2,1-2H3. The average molecular weight is 334 g/mol. The summed E-state index contributed by atoms with van der Waals surface area (Å²) in [5.41, 5.74) is 4.01. The molecule has 0 spiro atoms. The molecule has 0 bridgehead atoms. The number of carbonyl (C=O) groups is 1. The maximum atomic E-state index is 12.5. The van der Waals surface area contributed by atoms with E-state index in [2.05, 4.69) is 21.2 Å². The van der Waals surface area contributed by atoms with Gasteiger partial charge in [-0.05, 0) is 49.2 Å². The first-order valence-electron chi connectivity index (χ1n) is 8.23. The molecule has 3 aromatic rings. The second-order valence-electron chi connectivity index (χ2n) is 6.45. The van der Waals surface area contributed by atoms with Crippen LogP contribution in [0.2, 0.25) is 0 Å². The van der Waals surface area contributed by atoms with Crippen LogP contribution in [0.25, 0.3) is 11.4 Å². The van der Waals surface area contributed by atoms with Crippen molar-refractivity contribution in [2.75, 3.05) is 11.4 Å². The summed E-state index contributed by atoms with van der Waals surface area (Å²) in [6.45, 7) is 4.62. The van der Waals surface area contributed by atoms with Crippen molar-refractivity contribution >= 4 is 11.6 Å². The quantitative estimate of drug-likeness (QED) is 0.735. The van der Waals surface area contributed by atoms with Crippen LogP contribution in [0.5, 0.6) is 0 Å². The summed E-state index contributed by atoms with van der Waals surface area (Å²) in [7, 11) is 0. The van der Waals surface area contributed by atoms with Crippen molar-refractivity contribution in [3.63, 3.8) is 0 Å². The molecule has 0 aliphatic carbocycles. The Bertz CT molecular complexity index is 900. The van der Waals surface area contributed by atoms with Gasteiger partial charge in [0, 0.05) is 36.6 Å². The summed E-state index contributed by atoms with van der Waals surface area (Å²) in [4.78, 5) is 22.8. The number of anilines is 1. The van der Waals surface area contributed by atoms with E-state index in [1.54, 1.807) is 17.3 Å². The summed E-state index contributed by atoms with van der Waals surface area (Å²) in [5.74, 6) is 0.988. The first kappa shape index (κ1) is 15.5. The molecule has 1 aromatic carbocycles. The van der Waals surface area contributed by atoms with Crippen LogP contribution in [0, 0.1) is 13.8 Å². The van der Waals surface area contributed by atoms with Crippen LogP contribution in [-0.2, 0) is 4.79 Å². The molecule has 126 valence electrons. The lowest BCUT2D eigenvalue weighted by Crippen LogP contribution is -2.24. The van der Waals surface area contributed by atoms with E-state index in [0.717, 1.165) is 22.4 Å². The molecule has 0 saturated carbocycles. The maximum Gasteiger partial charge on any atom is 0.232 e. The molecular formula is C19H18N4O2. The molecule has 1 saturated heterocycles. The number of aromatic nitrogens is 3. The smallest absolute Gasteiger partial charge is 0.232 e. The molecule has 6 heteroatoms. The van der Waals surface area contributed by atoms with E-state index < -0.39 is 0 Å². The average Bonchev–Trinajstić information content (AvgIpc) is 3.21. The Morgan fingerprint density at radius 1 is 1.20 bits per heavy atom. The van der Waals surface area contributed by atoms with Gasteiger partial charge >= 0.3 is 0 Å². The predicted octanol–water partition coefficient (Wildman–Crippen LogP) is 3.27. The molecule has 4 rings (SSSR count). The van der Waals surface area contributed by atoms with Gasteiger partial charge in [-0.15, -0.1) is 0 Å². The van der Waals surface area contributed by atoms with Crippen LogP contribution in [0.4, 0.5) is 5.69 Å². The number of carbonyl (C=O) groups excluding carboxylic acids is 1. The molecule has 2 aromatic heterocycles. The number of rotatable bonds is 3. The molecule has 1 atom stereocenters. The zero-order chi connectivity index (χ0) is 17.4. The summed E-state index contributed by atoms with van der Waals surface area (Å²) in [5, 5.41) is 4.03. The highest BCUT2D eigenvalue weighted by atomic mass is 16.5. The van der Waals surface area contributed by atoms with E-state index in [1.807, 2.05) is 38.1 Å². The summed E-state index contributed by atoms with van der Waals surface area (Å²) < 4.78 is 5.42. The number of benzene rings is 1. The second kappa shape index (κ2) is 6.12. The van der Waals surface area contributed by atoms with E-state index in [4.69, 9.17) is 4.52 Å². The van der Waals surface area contributed by atoms with Crippen molar-refractivity contribution in [1.82, 2.24) is 15.1 Å². The van der Waals surface area contributed by atoms with Crippen LogP contribution in [-0.4, -0.2) is 27.6 Å². The van der Waals surface area contributed by atoms with Gasteiger partial charge in [0.2, 0.25) is 17.6 Å². The van der Waals surface area contributed by atoms with Crippen molar-refractivity contribution in [3.8, 4) is 11.4 Å². The Morgan fingerprint density at radius 2 is 2.00 bits per heavy atom. The normalized spacial score (nSPS) is 17.3. The number of hydrogen-bond acceptors (Lipinski definition) is 5. The number of nitrogens with zero attached hydrogens (tertiary/aromatic N) is 4. The van der Waals surface area contributed by atoms with Gasteiger partial charge in [0.05, 0.1) is 5.92 Å². The molecule has 1 amide bonds. The highest BCUT2D eigenvalue weighted by Crippen LogP contribution is 2.32. The summed E-state index contributed by atoms with van der Waals surface area (Å²) in [6, 6.07) is 9.86. The Labute approximate surface area is 145 Å². The van der Waals surface area contributed by atoms with Gasteiger partial charge in [0.25, 0.3) is 0 Å². The SMILES string of the molecule is Cc1cc(C)cc(N2CC(c3nc(-c4cccnc4)no3)CC2=O)c1. The van der Waals surface area contributed by atoms with Crippen LogP contribution in [0.3, 0.4) is 0 Å². The fourth-order valence-corrected chi connectivity index (χ4v) is 3.24. The number of pyridine rings is 1. The Hall–Kier alpha value is -3.02. The Kier molecular flexibility index (Phi) is 3.80. The van der Waals surface area contributed by atoms with Gasteiger partial charge in [-0.1, -0.05) is 11.2 Å². The highest BCUT2D eigenvalue weighted by molar-refractivity contribution is 5.96. The largest absolute Gasteiger partial charge is 0.339 e. The van der Waals surface area contributed by atoms with Crippen LogP contribution in [0.15, 0.2) is 47.2 Å². The molecule has 6 nitrogen and oxygen atoms in total. The number of hydrogen-bond donors (Lipinski definition) is 0. The monoisotopic (exact) mass is 334 g/mol. The van der Waals surface area contributed by atoms with Crippen molar-refractivity contribution in [2.45, 2.75) is 26.2 Å². The Balaban J connectivity index is 1.57. The van der Waals surface area contributed by atoms with Crippen molar-refractivity contribution in [1.29, 1.82) is 0 Å². The third kappa shape index (κ3) is 3.03. The van der Waals surface area contributed by atoms with E-state index in [1.165, 1.54) is 0 Å². The fourth-order valence-electron chi connectivity index (χ4n) is 3.24. The van der Waals surface area contributed by atoms with E-state index in [0.29, 0.717) is 24.7 Å². The fraction of sp³-hybridized carbons (Fsp3) is 0.263. The predicted molar refractivity (Wildman–Crippen MR) is 93.2 cm³/mol. The zero-order valence-corrected chi connectivity index (χ0v) is 14.1. The number of amides is 1. The Morgan fingerprint density at radius 3 is 2.72 bits per heavy atom. The van der Waals surface area contributed by atoms with Crippen molar-refractivity contribution in [3.05, 3.63) is 59.7 Å². The van der Waals surface area contributed by atoms with Crippen molar-refractivity contribution in [2.24, 2.45) is 0 Å². The summed E-state index contributed by atoms with van der Waals surface area (Å²) in [6.07, 6.45) is 3.76. The molecule has 1 aliphatic heterocycles.